The van der Waals surface area contributed by atoms with Gasteiger partial charge in [0.1, 0.15) is 0 Å². The summed E-state index contributed by atoms with van der Waals surface area (Å²) in [6.07, 6.45) is 3.51. The Labute approximate surface area is 125 Å². The second-order valence-corrected chi connectivity index (χ2v) is 4.90. The third kappa shape index (κ3) is 2.25. The lowest BCUT2D eigenvalue weighted by atomic mass is 10.1. The van der Waals surface area contributed by atoms with Gasteiger partial charge in [-0.1, -0.05) is 43.0 Å². The van der Waals surface area contributed by atoms with Crippen LogP contribution in [0.4, 0.5) is 11.4 Å². The third-order valence-corrected chi connectivity index (χ3v) is 3.49. The van der Waals surface area contributed by atoms with Gasteiger partial charge in [0, 0.05) is 5.69 Å². The Morgan fingerprint density at radius 2 is 1.67 bits per heavy atom. The van der Waals surface area contributed by atoms with Crippen LogP contribution in [0, 0.1) is 6.92 Å². The molecule has 0 aromatic heterocycles. The summed E-state index contributed by atoms with van der Waals surface area (Å²) in [5.41, 5.74) is 4.20. The summed E-state index contributed by atoms with van der Waals surface area (Å²) in [7, 11) is 0. The summed E-state index contributed by atoms with van der Waals surface area (Å²) in [6.45, 7) is 9.84. The molecule has 2 aromatic carbocycles. The molecule has 1 heterocycles. The molecule has 0 saturated carbocycles. The number of nitrogens with zero attached hydrogens (tertiary/aromatic N) is 1. The number of para-hydroxylation sites is 2. The zero-order valence-electron chi connectivity index (χ0n) is 12.0. The van der Waals surface area contributed by atoms with Gasteiger partial charge in [-0.3, -0.25) is 0 Å². The molecule has 2 heteroatoms. The Morgan fingerprint density at radius 3 is 2.33 bits per heavy atom. The van der Waals surface area contributed by atoms with Gasteiger partial charge in [-0.2, -0.15) is 0 Å². The lowest BCUT2D eigenvalue weighted by Gasteiger charge is -2.33. The van der Waals surface area contributed by atoms with Crippen LogP contribution in [0.5, 0.6) is 5.75 Å². The van der Waals surface area contributed by atoms with E-state index in [1.54, 1.807) is 12.2 Å². The number of ether oxygens (including phenoxy) is 1. The number of fused-ring (bicyclic) bond motifs is 1. The van der Waals surface area contributed by atoms with E-state index >= 15 is 0 Å². The molecule has 104 valence electrons. The summed E-state index contributed by atoms with van der Waals surface area (Å²) < 4.78 is 5.91. The monoisotopic (exact) mass is 275 g/mol. The van der Waals surface area contributed by atoms with E-state index in [1.807, 2.05) is 24.3 Å². The molecule has 1 aliphatic rings. The number of allylic oxidation sites excluding steroid dienone is 2. The topological polar surface area (TPSA) is 12.5 Å². The molecule has 0 aliphatic carbocycles. The van der Waals surface area contributed by atoms with Crippen LogP contribution in [0.25, 0.3) is 0 Å². The van der Waals surface area contributed by atoms with Gasteiger partial charge in [0.2, 0.25) is 0 Å². The molecule has 3 rings (SSSR count). The molecule has 2 aromatic rings. The highest BCUT2D eigenvalue weighted by Crippen LogP contribution is 2.42. The molecule has 0 N–H and O–H groups in total. The van der Waals surface area contributed by atoms with Crippen LogP contribution in [-0.4, -0.2) is 0 Å². The average molecular weight is 275 g/mol. The van der Waals surface area contributed by atoms with Crippen molar-refractivity contribution in [1.82, 2.24) is 0 Å². The number of anilines is 2. The van der Waals surface area contributed by atoms with Crippen molar-refractivity contribution in [2.45, 2.75) is 6.92 Å². The molecular formula is C19H17NO. The highest BCUT2D eigenvalue weighted by molar-refractivity contribution is 5.77. The van der Waals surface area contributed by atoms with Gasteiger partial charge >= 0.3 is 0 Å². The molecular weight excluding hydrogens is 258 g/mol. The first-order valence-electron chi connectivity index (χ1n) is 6.87. The van der Waals surface area contributed by atoms with Crippen molar-refractivity contribution in [3.05, 3.63) is 90.9 Å². The Kier molecular flexibility index (Phi) is 3.36. The van der Waals surface area contributed by atoms with Crippen LogP contribution in [0.15, 0.2) is 85.3 Å². The quantitative estimate of drug-likeness (QED) is 0.771. The molecule has 0 amide bonds. The Hall–Kier alpha value is -2.74. The van der Waals surface area contributed by atoms with Crippen LogP contribution in [-0.2, 0) is 0 Å². The molecule has 0 saturated heterocycles. The van der Waals surface area contributed by atoms with E-state index in [-0.39, 0.29) is 0 Å². The first-order valence-corrected chi connectivity index (χ1v) is 6.87. The van der Waals surface area contributed by atoms with Gasteiger partial charge < -0.3 is 9.64 Å². The zero-order valence-corrected chi connectivity index (χ0v) is 12.0. The van der Waals surface area contributed by atoms with E-state index in [9.17, 15) is 0 Å². The summed E-state index contributed by atoms with van der Waals surface area (Å²) in [5.74, 6) is 1.53. The third-order valence-electron chi connectivity index (χ3n) is 3.49. The van der Waals surface area contributed by atoms with Crippen LogP contribution in [0.1, 0.15) is 5.56 Å². The van der Waals surface area contributed by atoms with Crippen molar-refractivity contribution in [2.75, 3.05) is 4.90 Å². The van der Waals surface area contributed by atoms with Crippen molar-refractivity contribution >= 4 is 11.4 Å². The zero-order chi connectivity index (χ0) is 14.8. The SMILES string of the molecule is C=CC1=C(C=C)N(c2ccc(C)cc2)c2ccccc2O1. The lowest BCUT2D eigenvalue weighted by Crippen LogP contribution is -2.22. The van der Waals surface area contributed by atoms with Crippen molar-refractivity contribution in [3.63, 3.8) is 0 Å². The maximum Gasteiger partial charge on any atom is 0.151 e. The smallest absolute Gasteiger partial charge is 0.151 e. The van der Waals surface area contributed by atoms with Gasteiger partial charge in [0.05, 0.1) is 11.4 Å². The van der Waals surface area contributed by atoms with Crippen molar-refractivity contribution in [1.29, 1.82) is 0 Å². The second kappa shape index (κ2) is 5.33. The van der Waals surface area contributed by atoms with Gasteiger partial charge in [0.25, 0.3) is 0 Å². The minimum Gasteiger partial charge on any atom is -0.453 e. The van der Waals surface area contributed by atoms with E-state index in [4.69, 9.17) is 4.74 Å². The first-order chi connectivity index (χ1) is 10.2. The molecule has 0 atom stereocenters. The highest BCUT2D eigenvalue weighted by Gasteiger charge is 2.24. The molecule has 0 fully saturated rings. The lowest BCUT2D eigenvalue weighted by molar-refractivity contribution is 0.431. The van der Waals surface area contributed by atoms with E-state index in [2.05, 4.69) is 49.2 Å². The maximum atomic E-state index is 5.91. The molecule has 0 radical (unpaired) electrons. The Morgan fingerprint density at radius 1 is 0.952 bits per heavy atom. The van der Waals surface area contributed by atoms with Crippen LogP contribution in [0.2, 0.25) is 0 Å². The van der Waals surface area contributed by atoms with Crippen LogP contribution >= 0.6 is 0 Å². The van der Waals surface area contributed by atoms with E-state index < -0.39 is 0 Å². The molecule has 0 spiro atoms. The van der Waals surface area contributed by atoms with E-state index in [1.165, 1.54) is 5.56 Å². The van der Waals surface area contributed by atoms with Crippen molar-refractivity contribution in [2.24, 2.45) is 0 Å². The van der Waals surface area contributed by atoms with Crippen LogP contribution < -0.4 is 9.64 Å². The minimum atomic E-state index is 0.712. The molecule has 2 nitrogen and oxygen atoms in total. The fourth-order valence-electron chi connectivity index (χ4n) is 2.45. The molecule has 0 bridgehead atoms. The molecule has 1 aliphatic heterocycles. The summed E-state index contributed by atoms with van der Waals surface area (Å²) in [5, 5.41) is 0. The van der Waals surface area contributed by atoms with Crippen molar-refractivity contribution < 1.29 is 4.74 Å². The highest BCUT2D eigenvalue weighted by atomic mass is 16.5. The largest absolute Gasteiger partial charge is 0.453 e. The number of hydrogen-bond donors (Lipinski definition) is 0. The molecule has 0 unspecified atom stereocenters. The van der Waals surface area contributed by atoms with Gasteiger partial charge in [-0.25, -0.2) is 0 Å². The number of rotatable bonds is 3. The van der Waals surface area contributed by atoms with Gasteiger partial charge in [-0.15, -0.1) is 0 Å². The summed E-state index contributed by atoms with van der Waals surface area (Å²) in [4.78, 5) is 2.14. The fraction of sp³-hybridized carbons (Fsp3) is 0.0526. The number of benzene rings is 2. The number of aryl methyl sites for hydroxylation is 1. The Bertz CT molecular complexity index is 725. The maximum absolute atomic E-state index is 5.91. The predicted octanol–water partition coefficient (Wildman–Crippen LogP) is 5.11. The number of hydrogen-bond acceptors (Lipinski definition) is 2. The van der Waals surface area contributed by atoms with E-state index in [0.717, 1.165) is 22.8 Å². The van der Waals surface area contributed by atoms with Crippen LogP contribution in [0.3, 0.4) is 0 Å². The van der Waals surface area contributed by atoms with Gasteiger partial charge in [0.15, 0.2) is 11.5 Å². The molecule has 21 heavy (non-hydrogen) atoms. The standard InChI is InChI=1S/C19H17NO/c1-4-16-18(5-2)21-19-9-7-6-8-17(19)20(16)15-12-10-14(3)11-13-15/h4-13H,1-2H2,3H3. The van der Waals surface area contributed by atoms with E-state index in [0.29, 0.717) is 5.76 Å². The Balaban J connectivity index is 2.22. The van der Waals surface area contributed by atoms with Crippen molar-refractivity contribution in [3.8, 4) is 5.75 Å². The fourth-order valence-corrected chi connectivity index (χ4v) is 2.45. The summed E-state index contributed by atoms with van der Waals surface area (Å²) >= 11 is 0. The average Bonchev–Trinajstić information content (AvgIpc) is 2.53. The minimum absolute atomic E-state index is 0.712. The second-order valence-electron chi connectivity index (χ2n) is 4.90. The normalized spacial score (nSPS) is 13.5. The first kappa shape index (κ1) is 13.3. The van der Waals surface area contributed by atoms with Gasteiger partial charge in [-0.05, 0) is 43.3 Å². The summed E-state index contributed by atoms with van der Waals surface area (Å²) in [6, 6.07) is 16.4. The predicted molar refractivity (Wildman–Crippen MR) is 87.8 cm³/mol.